The third-order valence-electron chi connectivity index (χ3n) is 2.10. The van der Waals surface area contributed by atoms with Gasteiger partial charge < -0.3 is 10.6 Å². The fourth-order valence-corrected chi connectivity index (χ4v) is 1.27. The average Bonchev–Trinajstić information content (AvgIpc) is 3.01. The van der Waals surface area contributed by atoms with Gasteiger partial charge in [0, 0.05) is 12.2 Å². The Morgan fingerprint density at radius 1 is 1.53 bits per heavy atom. The van der Waals surface area contributed by atoms with Gasteiger partial charge in [-0.05, 0) is 25.0 Å². The van der Waals surface area contributed by atoms with Gasteiger partial charge in [0.1, 0.15) is 5.82 Å². The zero-order valence-electron chi connectivity index (χ0n) is 8.16. The lowest BCUT2D eigenvalue weighted by Gasteiger charge is -2.05. The fraction of sp³-hybridized carbons (Fsp3) is 0.400. The number of aromatic nitrogens is 1. The Hall–Kier alpha value is -1.29. The SMILES string of the molecule is O=C(CNc1ccc(Cl)cn1)NC1CC1. The minimum absolute atomic E-state index is 0.00856. The summed E-state index contributed by atoms with van der Waals surface area (Å²) in [6.45, 7) is 0.255. The first kappa shape index (κ1) is 10.2. The second kappa shape index (κ2) is 4.49. The van der Waals surface area contributed by atoms with E-state index in [0.29, 0.717) is 16.9 Å². The Kier molecular flexibility index (Phi) is 3.06. The van der Waals surface area contributed by atoms with Crippen LogP contribution in [-0.4, -0.2) is 23.5 Å². The van der Waals surface area contributed by atoms with Crippen molar-refractivity contribution in [2.24, 2.45) is 0 Å². The molecule has 2 rings (SSSR count). The normalized spacial score (nSPS) is 14.7. The van der Waals surface area contributed by atoms with E-state index in [0.717, 1.165) is 12.8 Å². The van der Waals surface area contributed by atoms with Crippen LogP contribution in [0.3, 0.4) is 0 Å². The molecule has 1 aliphatic rings. The number of anilines is 1. The number of rotatable bonds is 4. The molecule has 1 aliphatic carbocycles. The molecule has 1 fully saturated rings. The molecule has 0 spiro atoms. The lowest BCUT2D eigenvalue weighted by atomic mass is 10.4. The average molecular weight is 226 g/mol. The van der Waals surface area contributed by atoms with E-state index in [2.05, 4.69) is 15.6 Å². The Labute approximate surface area is 93.0 Å². The number of amides is 1. The lowest BCUT2D eigenvalue weighted by Crippen LogP contribution is -2.31. The number of hydrogen-bond donors (Lipinski definition) is 2. The monoisotopic (exact) mass is 225 g/mol. The van der Waals surface area contributed by atoms with Crippen LogP contribution in [0.2, 0.25) is 5.02 Å². The van der Waals surface area contributed by atoms with Crippen molar-refractivity contribution < 1.29 is 4.79 Å². The molecule has 1 saturated carbocycles. The summed E-state index contributed by atoms with van der Waals surface area (Å²) >= 11 is 5.68. The van der Waals surface area contributed by atoms with Crippen molar-refractivity contribution in [2.75, 3.05) is 11.9 Å². The maximum Gasteiger partial charge on any atom is 0.239 e. The van der Waals surface area contributed by atoms with Crippen molar-refractivity contribution in [1.82, 2.24) is 10.3 Å². The molecule has 0 unspecified atom stereocenters. The Balaban J connectivity index is 1.76. The highest BCUT2D eigenvalue weighted by molar-refractivity contribution is 6.30. The van der Waals surface area contributed by atoms with Gasteiger partial charge in [0.2, 0.25) is 5.91 Å². The van der Waals surface area contributed by atoms with Crippen LogP contribution in [0.4, 0.5) is 5.82 Å². The zero-order valence-corrected chi connectivity index (χ0v) is 8.92. The first-order chi connectivity index (χ1) is 7.24. The van der Waals surface area contributed by atoms with Crippen LogP contribution in [0.1, 0.15) is 12.8 Å². The minimum atomic E-state index is 0.00856. The highest BCUT2D eigenvalue weighted by Gasteiger charge is 2.22. The molecule has 1 amide bonds. The predicted octanol–water partition coefficient (Wildman–Crippen LogP) is 1.43. The van der Waals surface area contributed by atoms with Gasteiger partial charge in [0.05, 0.1) is 11.6 Å². The molecule has 2 N–H and O–H groups in total. The molecule has 0 radical (unpaired) electrons. The molecule has 5 heteroatoms. The number of carbonyl (C=O) groups excluding carboxylic acids is 1. The van der Waals surface area contributed by atoms with Crippen molar-refractivity contribution in [3.8, 4) is 0 Å². The molecule has 1 aromatic rings. The molecule has 80 valence electrons. The molecular formula is C10H12ClN3O. The van der Waals surface area contributed by atoms with Gasteiger partial charge in [-0.15, -0.1) is 0 Å². The van der Waals surface area contributed by atoms with E-state index in [4.69, 9.17) is 11.6 Å². The molecule has 0 aliphatic heterocycles. The third-order valence-corrected chi connectivity index (χ3v) is 2.32. The summed E-state index contributed by atoms with van der Waals surface area (Å²) < 4.78 is 0. The van der Waals surface area contributed by atoms with E-state index in [1.165, 1.54) is 0 Å². The van der Waals surface area contributed by atoms with Crippen LogP contribution in [-0.2, 0) is 4.79 Å². The van der Waals surface area contributed by atoms with Crippen molar-refractivity contribution in [1.29, 1.82) is 0 Å². The number of hydrogen-bond acceptors (Lipinski definition) is 3. The zero-order chi connectivity index (χ0) is 10.7. The maximum absolute atomic E-state index is 11.3. The van der Waals surface area contributed by atoms with E-state index in [9.17, 15) is 4.79 Å². The fourth-order valence-electron chi connectivity index (χ4n) is 1.16. The standard InChI is InChI=1S/C10H12ClN3O/c11-7-1-4-9(12-5-7)13-6-10(15)14-8-2-3-8/h1,4-5,8H,2-3,6H2,(H,12,13)(H,14,15). The van der Waals surface area contributed by atoms with E-state index < -0.39 is 0 Å². The second-order valence-corrected chi connectivity index (χ2v) is 3.99. The maximum atomic E-state index is 11.3. The van der Waals surface area contributed by atoms with Crippen LogP contribution in [0.5, 0.6) is 0 Å². The molecule has 1 heterocycles. The summed E-state index contributed by atoms with van der Waals surface area (Å²) in [5.74, 6) is 0.666. The molecular weight excluding hydrogens is 214 g/mol. The first-order valence-corrected chi connectivity index (χ1v) is 5.26. The lowest BCUT2D eigenvalue weighted by molar-refractivity contribution is -0.119. The predicted molar refractivity (Wildman–Crippen MR) is 58.9 cm³/mol. The Bertz CT molecular complexity index is 348. The highest BCUT2D eigenvalue weighted by atomic mass is 35.5. The van der Waals surface area contributed by atoms with E-state index in [1.54, 1.807) is 18.3 Å². The van der Waals surface area contributed by atoms with Gasteiger partial charge in [0.25, 0.3) is 0 Å². The summed E-state index contributed by atoms with van der Waals surface area (Å²) in [7, 11) is 0. The molecule has 0 saturated heterocycles. The number of nitrogens with zero attached hydrogens (tertiary/aromatic N) is 1. The van der Waals surface area contributed by atoms with Crippen LogP contribution in [0.15, 0.2) is 18.3 Å². The molecule has 1 aromatic heterocycles. The summed E-state index contributed by atoms with van der Waals surface area (Å²) in [5.41, 5.74) is 0. The Morgan fingerprint density at radius 3 is 2.93 bits per heavy atom. The Morgan fingerprint density at radius 2 is 2.33 bits per heavy atom. The van der Waals surface area contributed by atoms with Gasteiger partial charge in [0.15, 0.2) is 0 Å². The van der Waals surface area contributed by atoms with Crippen LogP contribution in [0, 0.1) is 0 Å². The second-order valence-electron chi connectivity index (χ2n) is 3.56. The van der Waals surface area contributed by atoms with Gasteiger partial charge in [-0.25, -0.2) is 4.98 Å². The number of halogens is 1. The number of pyridine rings is 1. The smallest absolute Gasteiger partial charge is 0.239 e. The van der Waals surface area contributed by atoms with Crippen molar-refractivity contribution in [2.45, 2.75) is 18.9 Å². The van der Waals surface area contributed by atoms with Crippen molar-refractivity contribution >= 4 is 23.3 Å². The first-order valence-electron chi connectivity index (χ1n) is 4.89. The minimum Gasteiger partial charge on any atom is -0.361 e. The topological polar surface area (TPSA) is 54.0 Å². The summed E-state index contributed by atoms with van der Waals surface area (Å²) in [6.07, 6.45) is 3.75. The van der Waals surface area contributed by atoms with Crippen LogP contribution in [0.25, 0.3) is 0 Å². The van der Waals surface area contributed by atoms with E-state index >= 15 is 0 Å². The number of carbonyl (C=O) groups is 1. The van der Waals surface area contributed by atoms with Gasteiger partial charge in [-0.2, -0.15) is 0 Å². The quantitative estimate of drug-likeness (QED) is 0.815. The van der Waals surface area contributed by atoms with Crippen molar-refractivity contribution in [3.05, 3.63) is 23.4 Å². The molecule has 15 heavy (non-hydrogen) atoms. The summed E-state index contributed by atoms with van der Waals surface area (Å²) in [5, 5.41) is 6.39. The van der Waals surface area contributed by atoms with E-state index in [-0.39, 0.29) is 12.5 Å². The van der Waals surface area contributed by atoms with Gasteiger partial charge in [-0.3, -0.25) is 4.79 Å². The molecule has 0 atom stereocenters. The molecule has 4 nitrogen and oxygen atoms in total. The third kappa shape index (κ3) is 3.40. The molecule has 0 aromatic carbocycles. The largest absolute Gasteiger partial charge is 0.361 e. The summed E-state index contributed by atoms with van der Waals surface area (Å²) in [6, 6.07) is 3.88. The van der Waals surface area contributed by atoms with Crippen molar-refractivity contribution in [3.63, 3.8) is 0 Å². The van der Waals surface area contributed by atoms with Gasteiger partial charge >= 0.3 is 0 Å². The van der Waals surface area contributed by atoms with Crippen LogP contribution >= 0.6 is 11.6 Å². The summed E-state index contributed by atoms with van der Waals surface area (Å²) in [4.78, 5) is 15.3. The number of nitrogens with one attached hydrogen (secondary N) is 2. The van der Waals surface area contributed by atoms with E-state index in [1.807, 2.05) is 0 Å². The molecule has 0 bridgehead atoms. The highest BCUT2D eigenvalue weighted by Crippen LogP contribution is 2.18. The van der Waals surface area contributed by atoms with Crippen LogP contribution < -0.4 is 10.6 Å². The van der Waals surface area contributed by atoms with Gasteiger partial charge in [-0.1, -0.05) is 11.6 Å².